The third kappa shape index (κ3) is 4.22. The zero-order valence-corrected chi connectivity index (χ0v) is 15.5. The maximum absolute atomic E-state index is 12.5. The van der Waals surface area contributed by atoms with E-state index in [1.165, 1.54) is 0 Å². The van der Waals surface area contributed by atoms with Crippen LogP contribution in [0.5, 0.6) is 11.5 Å². The summed E-state index contributed by atoms with van der Waals surface area (Å²) >= 11 is 0. The maximum atomic E-state index is 12.5. The summed E-state index contributed by atoms with van der Waals surface area (Å²) in [5.41, 5.74) is 2.15. The van der Waals surface area contributed by atoms with Gasteiger partial charge in [0, 0.05) is 29.3 Å². The molecular formula is C22H19N3O3. The van der Waals surface area contributed by atoms with E-state index in [1.807, 2.05) is 53.2 Å². The first-order chi connectivity index (χ1) is 13.6. The number of nitrogens with zero attached hydrogens (tertiary/aromatic N) is 2. The van der Waals surface area contributed by atoms with Crippen molar-refractivity contribution in [1.82, 2.24) is 4.57 Å². The zero-order valence-electron chi connectivity index (χ0n) is 15.5. The van der Waals surface area contributed by atoms with E-state index in [0.717, 1.165) is 11.4 Å². The minimum atomic E-state index is -0.488. The molecule has 0 aliphatic heterocycles. The van der Waals surface area contributed by atoms with Gasteiger partial charge in [0.15, 0.2) is 0 Å². The lowest BCUT2D eigenvalue weighted by molar-refractivity contribution is -0.112. The largest absolute Gasteiger partial charge is 0.497 e. The molecule has 2 aromatic carbocycles. The van der Waals surface area contributed by atoms with E-state index in [4.69, 9.17) is 9.47 Å². The zero-order chi connectivity index (χ0) is 19.9. The van der Waals surface area contributed by atoms with Crippen LogP contribution in [0.2, 0.25) is 0 Å². The van der Waals surface area contributed by atoms with Gasteiger partial charge in [0.2, 0.25) is 0 Å². The molecule has 1 amide bonds. The van der Waals surface area contributed by atoms with Gasteiger partial charge in [-0.1, -0.05) is 6.07 Å². The molecule has 3 rings (SSSR count). The molecule has 0 aliphatic rings. The number of amides is 1. The number of nitrogens with one attached hydrogen (secondary N) is 1. The number of anilines is 1. The third-order valence-corrected chi connectivity index (χ3v) is 4.12. The second kappa shape index (κ2) is 8.60. The highest BCUT2D eigenvalue weighted by Gasteiger charge is 2.12. The molecule has 6 heteroatoms. The summed E-state index contributed by atoms with van der Waals surface area (Å²) in [7, 11) is 3.16. The maximum Gasteiger partial charge on any atom is 0.266 e. The predicted octanol–water partition coefficient (Wildman–Crippen LogP) is 4.04. The number of aromatic nitrogens is 1. The lowest BCUT2D eigenvalue weighted by Gasteiger charge is -2.09. The van der Waals surface area contributed by atoms with E-state index in [9.17, 15) is 10.1 Å². The van der Waals surface area contributed by atoms with Gasteiger partial charge < -0.3 is 19.4 Å². The van der Waals surface area contributed by atoms with E-state index in [1.54, 1.807) is 44.6 Å². The number of benzene rings is 2. The summed E-state index contributed by atoms with van der Waals surface area (Å²) < 4.78 is 12.2. The standard InChI is InChI=1S/C22H19N3O3/c1-27-20-10-8-18(9-11-20)25-12-4-6-19(25)13-16(15-23)22(26)24-17-5-3-7-21(14-17)28-2/h3-14H,1-2H3,(H,24,26)/b16-13+. The SMILES string of the molecule is COc1ccc(-n2cccc2/C=C(\C#N)C(=O)Nc2cccc(OC)c2)cc1. The molecule has 0 saturated carbocycles. The number of carbonyl (C=O) groups is 1. The Morgan fingerprint density at radius 1 is 1.04 bits per heavy atom. The highest BCUT2D eigenvalue weighted by molar-refractivity contribution is 6.09. The molecule has 0 saturated heterocycles. The van der Waals surface area contributed by atoms with E-state index < -0.39 is 5.91 Å². The van der Waals surface area contributed by atoms with Crippen molar-refractivity contribution in [3.05, 3.63) is 78.1 Å². The fraction of sp³-hybridized carbons (Fsp3) is 0.0909. The molecule has 0 radical (unpaired) electrons. The van der Waals surface area contributed by atoms with Crippen LogP contribution in [0, 0.1) is 11.3 Å². The van der Waals surface area contributed by atoms with Gasteiger partial charge in [-0.3, -0.25) is 4.79 Å². The average molecular weight is 373 g/mol. The molecule has 0 bridgehead atoms. The normalized spacial score (nSPS) is 10.8. The Labute approximate surface area is 163 Å². The number of carbonyl (C=O) groups excluding carboxylic acids is 1. The smallest absolute Gasteiger partial charge is 0.266 e. The summed E-state index contributed by atoms with van der Waals surface area (Å²) in [5, 5.41) is 12.2. The minimum absolute atomic E-state index is 0.00344. The summed E-state index contributed by atoms with van der Waals surface area (Å²) in [4.78, 5) is 12.5. The van der Waals surface area contributed by atoms with Crippen molar-refractivity contribution in [2.75, 3.05) is 19.5 Å². The van der Waals surface area contributed by atoms with Gasteiger partial charge in [-0.2, -0.15) is 5.26 Å². The van der Waals surface area contributed by atoms with Crippen LogP contribution in [-0.2, 0) is 4.79 Å². The second-order valence-corrected chi connectivity index (χ2v) is 5.86. The van der Waals surface area contributed by atoms with E-state index in [0.29, 0.717) is 17.1 Å². The Kier molecular flexibility index (Phi) is 5.78. The van der Waals surface area contributed by atoms with Crippen molar-refractivity contribution in [1.29, 1.82) is 5.26 Å². The molecule has 28 heavy (non-hydrogen) atoms. The van der Waals surface area contributed by atoms with Crippen LogP contribution in [0.3, 0.4) is 0 Å². The van der Waals surface area contributed by atoms with Crippen LogP contribution in [-0.4, -0.2) is 24.7 Å². The van der Waals surface area contributed by atoms with Gasteiger partial charge >= 0.3 is 0 Å². The number of rotatable bonds is 6. The highest BCUT2D eigenvalue weighted by atomic mass is 16.5. The van der Waals surface area contributed by atoms with Crippen molar-refractivity contribution in [3.8, 4) is 23.3 Å². The number of nitriles is 1. The van der Waals surface area contributed by atoms with E-state index in [2.05, 4.69) is 5.32 Å². The van der Waals surface area contributed by atoms with Crippen LogP contribution in [0.25, 0.3) is 11.8 Å². The van der Waals surface area contributed by atoms with Gasteiger partial charge in [-0.05, 0) is 54.6 Å². The van der Waals surface area contributed by atoms with Gasteiger partial charge in [-0.15, -0.1) is 0 Å². The van der Waals surface area contributed by atoms with E-state index in [-0.39, 0.29) is 5.57 Å². The second-order valence-electron chi connectivity index (χ2n) is 5.86. The Balaban J connectivity index is 1.85. The lowest BCUT2D eigenvalue weighted by atomic mass is 10.2. The number of methoxy groups -OCH3 is 2. The first kappa shape index (κ1) is 18.8. The van der Waals surface area contributed by atoms with Crippen molar-refractivity contribution in [3.63, 3.8) is 0 Å². The molecule has 0 fully saturated rings. The average Bonchev–Trinajstić information content (AvgIpc) is 3.20. The third-order valence-electron chi connectivity index (χ3n) is 4.12. The van der Waals surface area contributed by atoms with E-state index >= 15 is 0 Å². The minimum Gasteiger partial charge on any atom is -0.497 e. The van der Waals surface area contributed by atoms with Crippen molar-refractivity contribution < 1.29 is 14.3 Å². The van der Waals surface area contributed by atoms with Crippen LogP contribution in [0.4, 0.5) is 5.69 Å². The van der Waals surface area contributed by atoms with Crippen molar-refractivity contribution >= 4 is 17.7 Å². The monoisotopic (exact) mass is 373 g/mol. The summed E-state index contributed by atoms with van der Waals surface area (Å²) in [6.07, 6.45) is 3.42. The molecule has 1 aromatic heterocycles. The van der Waals surface area contributed by atoms with Gasteiger partial charge in [0.25, 0.3) is 5.91 Å². The molecule has 0 spiro atoms. The first-order valence-corrected chi connectivity index (χ1v) is 8.53. The van der Waals surface area contributed by atoms with Crippen LogP contribution >= 0.6 is 0 Å². The molecule has 0 aliphatic carbocycles. The Bertz CT molecular complexity index is 1040. The van der Waals surface area contributed by atoms with Gasteiger partial charge in [0.1, 0.15) is 23.1 Å². The number of hydrogen-bond acceptors (Lipinski definition) is 4. The lowest BCUT2D eigenvalue weighted by Crippen LogP contribution is -2.13. The van der Waals surface area contributed by atoms with Crippen molar-refractivity contribution in [2.24, 2.45) is 0 Å². The molecule has 6 nitrogen and oxygen atoms in total. The Morgan fingerprint density at radius 2 is 1.79 bits per heavy atom. The Morgan fingerprint density at radius 3 is 2.46 bits per heavy atom. The summed E-state index contributed by atoms with van der Waals surface area (Å²) in [5.74, 6) is 0.885. The fourth-order valence-corrected chi connectivity index (χ4v) is 2.69. The number of ether oxygens (including phenoxy) is 2. The molecule has 0 atom stereocenters. The van der Waals surface area contributed by atoms with Gasteiger partial charge in [-0.25, -0.2) is 0 Å². The predicted molar refractivity (Wildman–Crippen MR) is 108 cm³/mol. The number of hydrogen-bond donors (Lipinski definition) is 1. The van der Waals surface area contributed by atoms with Crippen molar-refractivity contribution in [2.45, 2.75) is 0 Å². The summed E-state index contributed by atoms with van der Waals surface area (Å²) in [6, 6.07) is 20.1. The molecule has 0 unspecified atom stereocenters. The highest BCUT2D eigenvalue weighted by Crippen LogP contribution is 2.20. The molecule has 140 valence electrons. The topological polar surface area (TPSA) is 76.3 Å². The molecule has 1 heterocycles. The molecular weight excluding hydrogens is 354 g/mol. The fourth-order valence-electron chi connectivity index (χ4n) is 2.69. The van der Waals surface area contributed by atoms with Gasteiger partial charge in [0.05, 0.1) is 14.2 Å². The first-order valence-electron chi connectivity index (χ1n) is 8.53. The molecule has 1 N–H and O–H groups in total. The van der Waals surface area contributed by atoms with Crippen LogP contribution in [0.15, 0.2) is 72.4 Å². The van der Waals surface area contributed by atoms with Crippen LogP contribution < -0.4 is 14.8 Å². The van der Waals surface area contributed by atoms with Crippen LogP contribution in [0.1, 0.15) is 5.69 Å². The summed E-state index contributed by atoms with van der Waals surface area (Å²) in [6.45, 7) is 0. The Hall–Kier alpha value is -3.98. The quantitative estimate of drug-likeness (QED) is 0.523. The molecule has 3 aromatic rings.